The highest BCUT2D eigenvalue weighted by Crippen LogP contribution is 2.29. The van der Waals surface area contributed by atoms with E-state index in [0.29, 0.717) is 17.5 Å². The normalized spacial score (nSPS) is 13.6. The molecule has 2 aromatic carbocycles. The van der Waals surface area contributed by atoms with Crippen molar-refractivity contribution in [3.63, 3.8) is 0 Å². The molecule has 0 spiro atoms. The van der Waals surface area contributed by atoms with Crippen molar-refractivity contribution in [3.8, 4) is 11.5 Å². The number of aromatic hydroxyl groups is 1. The minimum absolute atomic E-state index is 0.0564. The van der Waals surface area contributed by atoms with Crippen molar-refractivity contribution >= 4 is 38.6 Å². The van der Waals surface area contributed by atoms with E-state index in [0.717, 1.165) is 17.2 Å². The largest absolute Gasteiger partial charge is 0.506 e. The number of carbonyl (C=O) groups is 2. The van der Waals surface area contributed by atoms with E-state index in [2.05, 4.69) is 19.8 Å². The Kier molecular flexibility index (Phi) is 9.09. The Morgan fingerprint density at radius 3 is 2.56 bits per heavy atom. The topological polar surface area (TPSA) is 167 Å². The lowest BCUT2D eigenvalue weighted by molar-refractivity contribution is -0.202. The average Bonchev–Trinajstić information content (AvgIpc) is 3.24. The van der Waals surface area contributed by atoms with Crippen LogP contribution in [0.15, 0.2) is 42.6 Å². The molecule has 1 heterocycles. The second-order valence-electron chi connectivity index (χ2n) is 8.72. The summed E-state index contributed by atoms with van der Waals surface area (Å²) in [5, 5.41) is 24.3. The molecule has 0 radical (unpaired) electrons. The van der Waals surface area contributed by atoms with Crippen LogP contribution < -0.4 is 14.8 Å². The molecule has 0 bridgehead atoms. The van der Waals surface area contributed by atoms with Gasteiger partial charge in [-0.3, -0.25) is 4.72 Å². The molecule has 0 saturated carbocycles. The van der Waals surface area contributed by atoms with Crippen LogP contribution in [0.4, 0.5) is 18.9 Å². The number of ether oxygens (including phenoxy) is 2. The summed E-state index contributed by atoms with van der Waals surface area (Å²) in [7, 11) is -3.63. The fourth-order valence-corrected chi connectivity index (χ4v) is 4.24. The lowest BCUT2D eigenvalue weighted by atomic mass is 10.0. The predicted octanol–water partition coefficient (Wildman–Crippen LogP) is 2.51. The molecule has 39 heavy (non-hydrogen) atoms. The highest BCUT2D eigenvalue weighted by Gasteiger charge is 2.42. The number of hydrogen-bond acceptors (Lipinski definition) is 9. The van der Waals surface area contributed by atoms with Crippen LogP contribution >= 0.6 is 0 Å². The first-order chi connectivity index (χ1) is 18.1. The summed E-state index contributed by atoms with van der Waals surface area (Å²) >= 11 is 0. The maximum atomic E-state index is 12.2. The fraction of sp³-hybridized carbons (Fsp3) is 0.333. The number of hydrogen-bond donors (Lipinski definition) is 5. The number of sulfonamides is 1. The Balaban J connectivity index is 1.60. The summed E-state index contributed by atoms with van der Waals surface area (Å²) in [5.41, 5.74) is 1.64. The first kappa shape index (κ1) is 29.7. The van der Waals surface area contributed by atoms with Crippen molar-refractivity contribution in [2.75, 3.05) is 24.1 Å². The molecule has 0 aliphatic carbocycles. The highest BCUT2D eigenvalue weighted by molar-refractivity contribution is 7.92. The summed E-state index contributed by atoms with van der Waals surface area (Å²) < 4.78 is 70.8. The molecule has 0 amide bonds. The van der Waals surface area contributed by atoms with Gasteiger partial charge < -0.3 is 30.0 Å². The third kappa shape index (κ3) is 8.33. The van der Waals surface area contributed by atoms with Crippen LogP contribution in [0.1, 0.15) is 24.2 Å². The minimum atomic E-state index is -5.30. The monoisotopic (exact) mass is 573 g/mol. The number of aromatic nitrogens is 1. The van der Waals surface area contributed by atoms with Crippen molar-refractivity contribution in [1.29, 1.82) is 0 Å². The highest BCUT2D eigenvalue weighted by atomic mass is 32.2. The Morgan fingerprint density at radius 2 is 1.90 bits per heavy atom. The van der Waals surface area contributed by atoms with E-state index in [-0.39, 0.29) is 29.8 Å². The number of H-pyrrole nitrogens is 1. The van der Waals surface area contributed by atoms with Crippen LogP contribution in [-0.4, -0.2) is 67.2 Å². The van der Waals surface area contributed by atoms with Crippen LogP contribution in [-0.2, 0) is 30.8 Å². The number of rotatable bonds is 11. The minimum Gasteiger partial charge on any atom is -0.506 e. The lowest BCUT2D eigenvalue weighted by Crippen LogP contribution is -2.32. The Morgan fingerprint density at radius 1 is 1.18 bits per heavy atom. The third-order valence-corrected chi connectivity index (χ3v) is 6.02. The van der Waals surface area contributed by atoms with Gasteiger partial charge in [0, 0.05) is 24.2 Å². The number of halogens is 3. The van der Waals surface area contributed by atoms with E-state index >= 15 is 0 Å². The number of nitrogens with one attached hydrogen (secondary N) is 3. The first-order valence-corrected chi connectivity index (χ1v) is 13.3. The molecular weight excluding hydrogens is 547 g/mol. The van der Waals surface area contributed by atoms with Crippen LogP contribution in [0.3, 0.4) is 0 Å². The van der Waals surface area contributed by atoms with Gasteiger partial charge in [-0.2, -0.15) is 13.2 Å². The zero-order valence-corrected chi connectivity index (χ0v) is 21.5. The average molecular weight is 574 g/mol. The Hall–Kier alpha value is -3.82. The zero-order valence-electron chi connectivity index (χ0n) is 20.7. The van der Waals surface area contributed by atoms with E-state index in [1.165, 1.54) is 24.3 Å². The molecule has 3 rings (SSSR count). The number of para-hydroxylation sites is 1. The van der Waals surface area contributed by atoms with Crippen molar-refractivity contribution in [1.82, 2.24) is 10.3 Å². The summed E-state index contributed by atoms with van der Waals surface area (Å²) in [6.45, 7) is 1.07. The van der Waals surface area contributed by atoms with Crippen LogP contribution in [0.25, 0.3) is 10.9 Å². The number of phenols is 1. The van der Waals surface area contributed by atoms with Gasteiger partial charge >= 0.3 is 18.1 Å². The van der Waals surface area contributed by atoms with Gasteiger partial charge in [0.1, 0.15) is 11.5 Å². The molecule has 0 saturated heterocycles. The molecule has 1 aromatic heterocycles. The number of anilines is 1. The number of fused-ring (bicyclic) bond motifs is 1. The molecule has 3 aromatic rings. The number of aromatic amines is 1. The van der Waals surface area contributed by atoms with Crippen LogP contribution in [0, 0.1) is 0 Å². The van der Waals surface area contributed by atoms with Crippen molar-refractivity contribution in [2.45, 2.75) is 31.7 Å². The van der Waals surface area contributed by atoms with Gasteiger partial charge in [0.05, 0.1) is 23.6 Å². The number of alkyl halides is 3. The second-order valence-corrected chi connectivity index (χ2v) is 10.5. The van der Waals surface area contributed by atoms with Crippen molar-refractivity contribution in [2.24, 2.45) is 0 Å². The van der Waals surface area contributed by atoms with Crippen molar-refractivity contribution in [3.05, 3.63) is 53.7 Å². The Labute approximate surface area is 221 Å². The number of esters is 2. The lowest BCUT2D eigenvalue weighted by Gasteiger charge is -2.18. The van der Waals surface area contributed by atoms with E-state index in [1.807, 2.05) is 6.92 Å². The maximum Gasteiger partial charge on any atom is 0.491 e. The fourth-order valence-electron chi connectivity index (χ4n) is 3.68. The van der Waals surface area contributed by atoms with E-state index < -0.39 is 40.8 Å². The van der Waals surface area contributed by atoms with Crippen LogP contribution in [0.2, 0.25) is 0 Å². The number of aliphatic hydroxyl groups is 1. The van der Waals surface area contributed by atoms with Gasteiger partial charge in [0.2, 0.25) is 10.0 Å². The van der Waals surface area contributed by atoms with Gasteiger partial charge in [-0.15, -0.1) is 0 Å². The van der Waals surface area contributed by atoms with Gasteiger partial charge in [-0.05, 0) is 42.7 Å². The standard InChI is InChI=1S/C24H26F3N3O8S/c1-13(28-11-19(32)14-6-7-18(31)17(9-14)30-39(2,35)36)8-15-10-29-22-16(15)4-3-5-20(22)37-12-21(33)38-23(34)24(25,26)27/h3-7,9-10,13,19,28-32H,8,11-12H2,1-2H3/t13-,19-/m1/s1. The van der Waals surface area contributed by atoms with Gasteiger partial charge in [0.25, 0.3) is 0 Å². The summed E-state index contributed by atoms with van der Waals surface area (Å²) in [5.74, 6) is -4.24. The molecule has 0 aliphatic heterocycles. The number of aliphatic hydroxyl groups excluding tert-OH is 1. The smallest absolute Gasteiger partial charge is 0.491 e. The van der Waals surface area contributed by atoms with E-state index in [9.17, 15) is 41.4 Å². The Bertz CT molecular complexity index is 1460. The summed E-state index contributed by atoms with van der Waals surface area (Å²) in [6, 6.07) is 8.81. The number of benzene rings is 2. The third-order valence-electron chi connectivity index (χ3n) is 5.43. The molecule has 0 fully saturated rings. The van der Waals surface area contributed by atoms with Gasteiger partial charge in [0.15, 0.2) is 6.61 Å². The molecule has 212 valence electrons. The summed E-state index contributed by atoms with van der Waals surface area (Å²) in [6.07, 6.45) is -3.20. The molecular formula is C24H26F3N3O8S. The molecule has 2 atom stereocenters. The SMILES string of the molecule is C[C@H](Cc1c[nH]c2c(OCC(=O)OC(=O)C(F)(F)F)cccc12)NC[C@@H](O)c1ccc(O)c(NS(C)(=O)=O)c1. The quantitative estimate of drug-likeness (QED) is 0.132. The molecule has 5 N–H and O–H groups in total. The molecule has 0 unspecified atom stereocenters. The van der Waals surface area contributed by atoms with E-state index in [4.69, 9.17) is 4.74 Å². The predicted molar refractivity (Wildman–Crippen MR) is 134 cm³/mol. The van der Waals surface area contributed by atoms with Crippen LogP contribution in [0.5, 0.6) is 11.5 Å². The maximum absolute atomic E-state index is 12.2. The van der Waals surface area contributed by atoms with Gasteiger partial charge in [-0.25, -0.2) is 18.0 Å². The van der Waals surface area contributed by atoms with Crippen molar-refractivity contribution < 1.29 is 50.9 Å². The molecule has 11 nitrogen and oxygen atoms in total. The summed E-state index contributed by atoms with van der Waals surface area (Å²) in [4.78, 5) is 25.3. The van der Waals surface area contributed by atoms with Gasteiger partial charge in [-0.1, -0.05) is 18.2 Å². The zero-order chi connectivity index (χ0) is 29.0. The second kappa shape index (κ2) is 11.9. The first-order valence-electron chi connectivity index (χ1n) is 11.4. The van der Waals surface area contributed by atoms with E-state index in [1.54, 1.807) is 18.3 Å². The molecule has 0 aliphatic rings. The number of phenolic OH excluding ortho intramolecular Hbond substituents is 1. The number of carbonyl (C=O) groups excluding carboxylic acids is 2. The molecule has 15 heteroatoms.